The molecule has 1 aromatic rings. The van der Waals surface area contributed by atoms with Gasteiger partial charge >= 0.3 is 0 Å². The monoisotopic (exact) mass is 190 g/mol. The Morgan fingerprint density at radius 1 is 1.43 bits per heavy atom. The van der Waals surface area contributed by atoms with Crippen molar-refractivity contribution >= 4 is 12.0 Å². The summed E-state index contributed by atoms with van der Waals surface area (Å²) in [4.78, 5) is 24.2. The van der Waals surface area contributed by atoms with Gasteiger partial charge in [0.25, 0.3) is 0 Å². The molecule has 0 unspecified atom stereocenters. The Bertz CT molecular complexity index is 354. The Balaban J connectivity index is 2.75. The van der Waals surface area contributed by atoms with Crippen LogP contribution in [0.25, 0.3) is 0 Å². The van der Waals surface area contributed by atoms with E-state index < -0.39 is 11.9 Å². The maximum atomic E-state index is 10.8. The number of nitrogens with two attached hydrogens (primary N) is 1. The minimum atomic E-state index is -0.810. The molecular weight excluding hydrogens is 180 g/mol. The number of benzene rings is 1. The highest BCUT2D eigenvalue weighted by atomic mass is 16.1. The van der Waals surface area contributed by atoms with Crippen LogP contribution in [-0.2, 0) is 16.0 Å². The third-order valence-corrected chi connectivity index (χ3v) is 1.81. The number of isocyanates is 1. The van der Waals surface area contributed by atoms with Crippen LogP contribution in [0.2, 0.25) is 0 Å². The largest absolute Gasteiger partial charge is 0.368 e. The van der Waals surface area contributed by atoms with Crippen molar-refractivity contribution in [2.75, 3.05) is 0 Å². The molecule has 1 rings (SSSR count). The summed E-state index contributed by atoms with van der Waals surface area (Å²) in [6.07, 6.45) is 1.68. The van der Waals surface area contributed by atoms with Gasteiger partial charge in [-0.2, -0.15) is 4.99 Å². The number of nitrogens with zero attached hydrogens (tertiary/aromatic N) is 1. The van der Waals surface area contributed by atoms with Crippen LogP contribution in [0, 0.1) is 0 Å². The fraction of sp³-hybridized carbons (Fsp3) is 0.200. The minimum Gasteiger partial charge on any atom is -0.368 e. The summed E-state index contributed by atoms with van der Waals surface area (Å²) >= 11 is 0. The van der Waals surface area contributed by atoms with E-state index in [9.17, 15) is 9.59 Å². The molecule has 1 atom stereocenters. The summed E-state index contributed by atoms with van der Waals surface area (Å²) in [6, 6.07) is 8.43. The SMILES string of the molecule is NC(=O)[C@@H](Cc1ccccc1)N=C=O. The fourth-order valence-electron chi connectivity index (χ4n) is 1.11. The van der Waals surface area contributed by atoms with Crippen LogP contribution in [0.4, 0.5) is 0 Å². The van der Waals surface area contributed by atoms with Crippen LogP contribution in [0.3, 0.4) is 0 Å². The van der Waals surface area contributed by atoms with E-state index in [2.05, 4.69) is 4.99 Å². The first-order valence-electron chi connectivity index (χ1n) is 4.14. The molecule has 2 N–H and O–H groups in total. The van der Waals surface area contributed by atoms with Gasteiger partial charge in [-0.15, -0.1) is 0 Å². The number of aliphatic imine (C=N–C) groups is 1. The highest BCUT2D eigenvalue weighted by Gasteiger charge is 2.13. The van der Waals surface area contributed by atoms with Gasteiger partial charge in [-0.1, -0.05) is 30.3 Å². The summed E-state index contributed by atoms with van der Waals surface area (Å²) in [7, 11) is 0. The molecule has 0 fully saturated rings. The van der Waals surface area contributed by atoms with E-state index in [4.69, 9.17) is 5.73 Å². The molecule has 0 aliphatic rings. The van der Waals surface area contributed by atoms with Crippen LogP contribution >= 0.6 is 0 Å². The first kappa shape index (κ1) is 10.2. The van der Waals surface area contributed by atoms with Gasteiger partial charge in [0.15, 0.2) is 0 Å². The number of carbonyl (C=O) groups is 1. The molecule has 0 radical (unpaired) electrons. The Morgan fingerprint density at radius 2 is 2.07 bits per heavy atom. The topological polar surface area (TPSA) is 72.5 Å². The fourth-order valence-corrected chi connectivity index (χ4v) is 1.11. The molecular formula is C10H10N2O2. The summed E-state index contributed by atoms with van der Waals surface area (Å²) in [5.74, 6) is -0.614. The number of hydrogen-bond acceptors (Lipinski definition) is 3. The van der Waals surface area contributed by atoms with Crippen LogP contribution < -0.4 is 5.73 Å². The van der Waals surface area contributed by atoms with Gasteiger partial charge in [0.1, 0.15) is 6.04 Å². The van der Waals surface area contributed by atoms with Gasteiger partial charge in [-0.3, -0.25) is 4.79 Å². The zero-order valence-electron chi connectivity index (χ0n) is 7.51. The molecule has 0 aliphatic heterocycles. The van der Waals surface area contributed by atoms with Crippen LogP contribution in [0.5, 0.6) is 0 Å². The summed E-state index contributed by atoms with van der Waals surface area (Å²) in [5, 5.41) is 0. The third-order valence-electron chi connectivity index (χ3n) is 1.81. The normalized spacial score (nSPS) is 11.4. The number of amides is 1. The second-order valence-electron chi connectivity index (χ2n) is 2.83. The van der Waals surface area contributed by atoms with Gasteiger partial charge in [-0.25, -0.2) is 4.79 Å². The molecule has 0 spiro atoms. The Hall–Kier alpha value is -1.93. The van der Waals surface area contributed by atoms with Crippen molar-refractivity contribution in [2.45, 2.75) is 12.5 Å². The van der Waals surface area contributed by atoms with Crippen molar-refractivity contribution in [1.29, 1.82) is 0 Å². The zero-order valence-corrected chi connectivity index (χ0v) is 7.51. The molecule has 0 aliphatic carbocycles. The van der Waals surface area contributed by atoms with Gasteiger partial charge in [0, 0.05) is 6.42 Å². The number of carbonyl (C=O) groups excluding carboxylic acids is 2. The average Bonchev–Trinajstić information content (AvgIpc) is 2.18. The lowest BCUT2D eigenvalue weighted by Crippen LogP contribution is -2.28. The summed E-state index contributed by atoms with van der Waals surface area (Å²) < 4.78 is 0. The first-order valence-corrected chi connectivity index (χ1v) is 4.14. The van der Waals surface area contributed by atoms with Gasteiger partial charge in [-0.05, 0) is 5.56 Å². The number of hydrogen-bond donors (Lipinski definition) is 1. The van der Waals surface area contributed by atoms with Crippen molar-refractivity contribution in [3.63, 3.8) is 0 Å². The van der Waals surface area contributed by atoms with E-state index in [1.807, 2.05) is 30.3 Å². The van der Waals surface area contributed by atoms with Crippen LogP contribution in [0.1, 0.15) is 5.56 Å². The summed E-state index contributed by atoms with van der Waals surface area (Å²) in [6.45, 7) is 0. The lowest BCUT2D eigenvalue weighted by Gasteiger charge is -2.05. The molecule has 72 valence electrons. The molecule has 0 aromatic heterocycles. The molecule has 14 heavy (non-hydrogen) atoms. The molecule has 1 aromatic carbocycles. The van der Waals surface area contributed by atoms with E-state index >= 15 is 0 Å². The van der Waals surface area contributed by atoms with Gasteiger partial charge < -0.3 is 5.73 Å². The van der Waals surface area contributed by atoms with Crippen molar-refractivity contribution in [2.24, 2.45) is 10.7 Å². The van der Waals surface area contributed by atoms with E-state index in [1.54, 1.807) is 0 Å². The number of primary amides is 1. The van der Waals surface area contributed by atoms with E-state index in [-0.39, 0.29) is 0 Å². The molecule has 0 heterocycles. The standard InChI is InChI=1S/C10H10N2O2/c11-10(14)9(12-7-13)6-8-4-2-1-3-5-8/h1-5,9H,6H2,(H2,11,14)/t9-/m1/s1. The van der Waals surface area contributed by atoms with E-state index in [0.29, 0.717) is 6.42 Å². The zero-order chi connectivity index (χ0) is 10.4. The lowest BCUT2D eigenvalue weighted by atomic mass is 10.1. The average molecular weight is 190 g/mol. The predicted molar refractivity (Wildman–Crippen MR) is 51.2 cm³/mol. The predicted octanol–water partition coefficient (Wildman–Crippen LogP) is 0.419. The third kappa shape index (κ3) is 2.84. The van der Waals surface area contributed by atoms with E-state index in [0.717, 1.165) is 5.56 Å². The lowest BCUT2D eigenvalue weighted by molar-refractivity contribution is -0.119. The molecule has 4 nitrogen and oxygen atoms in total. The second-order valence-corrected chi connectivity index (χ2v) is 2.83. The van der Waals surface area contributed by atoms with Gasteiger partial charge in [0.2, 0.25) is 12.0 Å². The van der Waals surface area contributed by atoms with Crippen molar-refractivity contribution < 1.29 is 9.59 Å². The van der Waals surface area contributed by atoms with Crippen molar-refractivity contribution in [3.8, 4) is 0 Å². The second kappa shape index (κ2) is 4.94. The quantitative estimate of drug-likeness (QED) is 0.552. The molecule has 1 amide bonds. The van der Waals surface area contributed by atoms with E-state index in [1.165, 1.54) is 6.08 Å². The molecule has 4 heteroatoms. The van der Waals surface area contributed by atoms with Gasteiger partial charge in [0.05, 0.1) is 0 Å². The smallest absolute Gasteiger partial charge is 0.243 e. The summed E-state index contributed by atoms with van der Waals surface area (Å²) in [5.41, 5.74) is 5.97. The highest BCUT2D eigenvalue weighted by molar-refractivity contribution is 5.81. The maximum absolute atomic E-state index is 10.8. The van der Waals surface area contributed by atoms with Crippen LogP contribution in [-0.4, -0.2) is 18.0 Å². The Labute approximate surface area is 81.4 Å². The highest BCUT2D eigenvalue weighted by Crippen LogP contribution is 2.04. The van der Waals surface area contributed by atoms with Crippen LogP contribution in [0.15, 0.2) is 35.3 Å². The maximum Gasteiger partial charge on any atom is 0.243 e. The van der Waals surface area contributed by atoms with Crippen molar-refractivity contribution in [1.82, 2.24) is 0 Å². The molecule has 0 saturated heterocycles. The first-order chi connectivity index (χ1) is 6.74. The number of rotatable bonds is 4. The molecule has 0 saturated carbocycles. The molecule has 0 bridgehead atoms. The van der Waals surface area contributed by atoms with Crippen molar-refractivity contribution in [3.05, 3.63) is 35.9 Å². The minimum absolute atomic E-state index is 0.339. The Morgan fingerprint density at radius 3 is 2.57 bits per heavy atom. The Kier molecular flexibility index (Phi) is 3.58.